The third-order valence-electron chi connectivity index (χ3n) is 3.34. The molecule has 6 nitrogen and oxygen atoms in total. The number of carbonyl (C=O) groups excluding carboxylic acids is 1. The minimum absolute atomic E-state index is 0.214. The summed E-state index contributed by atoms with van der Waals surface area (Å²) in [4.78, 5) is 16.2. The number of hydrogen-bond acceptors (Lipinski definition) is 5. The third kappa shape index (κ3) is 3.37. The number of pyridine rings is 1. The number of aromatic nitrogens is 1. The lowest BCUT2D eigenvalue weighted by atomic mass is 10.2. The Bertz CT molecular complexity index is 747. The quantitative estimate of drug-likeness (QED) is 0.732. The van der Waals surface area contributed by atoms with Gasteiger partial charge in [-0.15, -0.1) is 10.6 Å². The molecule has 1 aromatic heterocycles. The SMILES string of the molecule is O=C(NCCOc1cccc2c1C=CS2(O)O)c1cccnc1. The van der Waals surface area contributed by atoms with Crippen LogP contribution in [-0.2, 0) is 0 Å². The monoisotopic (exact) mass is 332 g/mol. The van der Waals surface area contributed by atoms with Crippen LogP contribution in [0.5, 0.6) is 5.75 Å². The molecular weight excluding hydrogens is 316 g/mol. The summed E-state index contributed by atoms with van der Waals surface area (Å²) in [6.07, 6.45) is 4.75. The molecule has 120 valence electrons. The molecule has 7 heteroatoms. The van der Waals surface area contributed by atoms with E-state index in [1.165, 1.54) is 11.6 Å². The Labute approximate surface area is 135 Å². The third-order valence-corrected chi connectivity index (χ3v) is 4.86. The normalized spacial score (nSPS) is 15.7. The fraction of sp³-hybridized carbons (Fsp3) is 0.125. The molecule has 3 rings (SSSR count). The fourth-order valence-electron chi connectivity index (χ4n) is 2.24. The van der Waals surface area contributed by atoms with Crippen LogP contribution in [-0.4, -0.2) is 33.1 Å². The number of nitrogens with zero attached hydrogens (tertiary/aromatic N) is 1. The van der Waals surface area contributed by atoms with Crippen molar-refractivity contribution >= 4 is 22.6 Å². The van der Waals surface area contributed by atoms with Crippen molar-refractivity contribution in [2.24, 2.45) is 0 Å². The van der Waals surface area contributed by atoms with Crippen molar-refractivity contribution in [1.82, 2.24) is 10.3 Å². The Balaban J connectivity index is 1.56. The molecule has 1 amide bonds. The molecule has 0 spiro atoms. The van der Waals surface area contributed by atoms with Crippen molar-refractivity contribution in [3.05, 3.63) is 59.3 Å². The Morgan fingerprint density at radius 1 is 1.26 bits per heavy atom. The Morgan fingerprint density at radius 2 is 2.13 bits per heavy atom. The standard InChI is InChI=1S/C16H16N2O4S/c19-16(12-3-2-7-17-11-12)18-8-9-22-14-4-1-5-15-13(14)6-10-23(15,20)21/h1-7,10-11,20-21H,8-9H2,(H,18,19). The predicted octanol–water partition coefficient (Wildman–Crippen LogP) is 2.98. The molecule has 1 aliphatic rings. The van der Waals surface area contributed by atoms with Gasteiger partial charge in [-0.1, -0.05) is 6.07 Å². The second kappa shape index (κ2) is 6.41. The highest BCUT2D eigenvalue weighted by atomic mass is 32.3. The number of amides is 1. The number of benzene rings is 1. The number of hydrogen-bond donors (Lipinski definition) is 3. The van der Waals surface area contributed by atoms with Crippen LogP contribution in [0.25, 0.3) is 6.08 Å². The maximum atomic E-state index is 11.8. The van der Waals surface area contributed by atoms with Gasteiger partial charge in [-0.05, 0) is 30.3 Å². The van der Waals surface area contributed by atoms with E-state index in [9.17, 15) is 13.9 Å². The molecule has 1 aliphatic heterocycles. The smallest absolute Gasteiger partial charge is 0.252 e. The summed E-state index contributed by atoms with van der Waals surface area (Å²) in [7, 11) is -2.85. The minimum Gasteiger partial charge on any atom is -0.491 e. The van der Waals surface area contributed by atoms with E-state index in [0.29, 0.717) is 28.3 Å². The van der Waals surface area contributed by atoms with Crippen LogP contribution < -0.4 is 10.1 Å². The van der Waals surface area contributed by atoms with Gasteiger partial charge in [0.1, 0.15) is 12.4 Å². The van der Waals surface area contributed by atoms with Crippen molar-refractivity contribution in [1.29, 1.82) is 0 Å². The van der Waals surface area contributed by atoms with E-state index in [1.807, 2.05) is 0 Å². The first kappa shape index (κ1) is 15.5. The maximum Gasteiger partial charge on any atom is 0.252 e. The van der Waals surface area contributed by atoms with E-state index in [-0.39, 0.29) is 12.5 Å². The van der Waals surface area contributed by atoms with Crippen LogP contribution in [0.2, 0.25) is 0 Å². The first-order valence-electron chi connectivity index (χ1n) is 6.98. The molecule has 23 heavy (non-hydrogen) atoms. The van der Waals surface area contributed by atoms with Gasteiger partial charge in [0, 0.05) is 23.4 Å². The molecule has 0 aliphatic carbocycles. The molecule has 1 aromatic carbocycles. The molecule has 2 heterocycles. The molecule has 3 N–H and O–H groups in total. The minimum atomic E-state index is -2.85. The highest BCUT2D eigenvalue weighted by Gasteiger charge is 2.23. The second-order valence-corrected chi connectivity index (χ2v) is 6.81. The Hall–Kier alpha value is -2.35. The van der Waals surface area contributed by atoms with Crippen molar-refractivity contribution in [2.75, 3.05) is 13.2 Å². The molecule has 2 aromatic rings. The van der Waals surface area contributed by atoms with Crippen LogP contribution in [0.3, 0.4) is 0 Å². The first-order valence-corrected chi connectivity index (χ1v) is 8.59. The zero-order chi connectivity index (χ0) is 16.3. The van der Waals surface area contributed by atoms with Crippen molar-refractivity contribution in [3.8, 4) is 5.75 Å². The van der Waals surface area contributed by atoms with Crippen LogP contribution in [0.1, 0.15) is 15.9 Å². The van der Waals surface area contributed by atoms with Gasteiger partial charge < -0.3 is 10.1 Å². The molecular formula is C16H16N2O4S. The van der Waals surface area contributed by atoms with E-state index >= 15 is 0 Å². The Kier molecular flexibility index (Phi) is 4.33. The van der Waals surface area contributed by atoms with Gasteiger partial charge >= 0.3 is 0 Å². The van der Waals surface area contributed by atoms with Gasteiger partial charge in [-0.3, -0.25) is 18.9 Å². The van der Waals surface area contributed by atoms with Gasteiger partial charge in [-0.25, -0.2) is 0 Å². The molecule has 0 saturated heterocycles. The van der Waals surface area contributed by atoms with Crippen molar-refractivity contribution < 1.29 is 18.6 Å². The number of carbonyl (C=O) groups is 1. The van der Waals surface area contributed by atoms with Crippen molar-refractivity contribution in [3.63, 3.8) is 0 Å². The molecule has 0 saturated carbocycles. The van der Waals surface area contributed by atoms with Crippen LogP contribution >= 0.6 is 10.6 Å². The second-order valence-electron chi connectivity index (χ2n) is 4.91. The van der Waals surface area contributed by atoms with Gasteiger partial charge in [0.25, 0.3) is 5.91 Å². The lowest BCUT2D eigenvalue weighted by molar-refractivity contribution is 0.0946. The summed E-state index contributed by atoms with van der Waals surface area (Å²) in [6, 6.07) is 8.52. The lowest BCUT2D eigenvalue weighted by Crippen LogP contribution is -2.28. The average molecular weight is 332 g/mol. The summed E-state index contributed by atoms with van der Waals surface area (Å²) in [6.45, 7) is 0.604. The molecule has 0 fully saturated rings. The predicted molar refractivity (Wildman–Crippen MR) is 88.7 cm³/mol. The van der Waals surface area contributed by atoms with Crippen molar-refractivity contribution in [2.45, 2.75) is 4.90 Å². The molecule has 0 bridgehead atoms. The average Bonchev–Trinajstić information content (AvgIpc) is 2.88. The summed E-state index contributed by atoms with van der Waals surface area (Å²) >= 11 is 0. The molecule has 0 radical (unpaired) electrons. The van der Waals surface area contributed by atoms with Crippen LogP contribution in [0, 0.1) is 0 Å². The summed E-state index contributed by atoms with van der Waals surface area (Å²) in [5.74, 6) is 0.348. The first-order chi connectivity index (χ1) is 11.1. The summed E-state index contributed by atoms with van der Waals surface area (Å²) in [5, 5.41) is 4.12. The number of nitrogens with one attached hydrogen (secondary N) is 1. The van der Waals surface area contributed by atoms with E-state index in [4.69, 9.17) is 4.74 Å². The fourth-order valence-corrected chi connectivity index (χ4v) is 3.48. The summed E-state index contributed by atoms with van der Waals surface area (Å²) in [5.41, 5.74) is 1.16. The Morgan fingerprint density at radius 3 is 2.91 bits per heavy atom. The topological polar surface area (TPSA) is 91.7 Å². The van der Waals surface area contributed by atoms with E-state index in [1.54, 1.807) is 42.6 Å². The van der Waals surface area contributed by atoms with Crippen LogP contribution in [0.4, 0.5) is 0 Å². The summed E-state index contributed by atoms with van der Waals surface area (Å²) < 4.78 is 25.4. The van der Waals surface area contributed by atoms with Gasteiger partial charge in [-0.2, -0.15) is 0 Å². The van der Waals surface area contributed by atoms with E-state index in [0.717, 1.165) is 0 Å². The van der Waals surface area contributed by atoms with Gasteiger partial charge in [0.05, 0.1) is 17.0 Å². The largest absolute Gasteiger partial charge is 0.491 e. The number of fused-ring (bicyclic) bond motifs is 1. The zero-order valence-electron chi connectivity index (χ0n) is 12.2. The highest BCUT2D eigenvalue weighted by molar-refractivity contribution is 8.27. The van der Waals surface area contributed by atoms with E-state index < -0.39 is 10.6 Å². The zero-order valence-corrected chi connectivity index (χ0v) is 13.0. The van der Waals surface area contributed by atoms with Gasteiger partial charge in [0.15, 0.2) is 0 Å². The van der Waals surface area contributed by atoms with Crippen LogP contribution in [0.15, 0.2) is 53.0 Å². The number of rotatable bonds is 5. The molecule has 0 atom stereocenters. The van der Waals surface area contributed by atoms with E-state index in [2.05, 4.69) is 10.3 Å². The van der Waals surface area contributed by atoms with Gasteiger partial charge in [0.2, 0.25) is 0 Å². The number of ether oxygens (including phenoxy) is 1. The highest BCUT2D eigenvalue weighted by Crippen LogP contribution is 2.57. The molecule has 0 unspecified atom stereocenters. The lowest BCUT2D eigenvalue weighted by Gasteiger charge is -2.25. The maximum absolute atomic E-state index is 11.8.